The van der Waals surface area contributed by atoms with Crippen LogP contribution in [-0.2, 0) is 11.3 Å². The number of rotatable bonds is 5. The summed E-state index contributed by atoms with van der Waals surface area (Å²) in [6.07, 6.45) is 1.56. The summed E-state index contributed by atoms with van der Waals surface area (Å²) in [5.74, 6) is 0.834. The van der Waals surface area contributed by atoms with Crippen molar-refractivity contribution in [2.24, 2.45) is 0 Å². The van der Waals surface area contributed by atoms with Crippen LogP contribution >= 0.6 is 0 Å². The maximum Gasteiger partial charge on any atom is 0.264 e. The standard InChI is InChI=1S/C22H19N3O4/c1-28-16-10-8-15(9-11-16)13-24-20(26)14-25-18-6-2-3-7-19(18)29-21-17(22(25)27)5-4-12-23-21/h2-12H,13-14H2,1H3,(H,24,26). The van der Waals surface area contributed by atoms with Gasteiger partial charge in [0, 0.05) is 12.7 Å². The molecule has 0 fully saturated rings. The van der Waals surface area contributed by atoms with Crippen molar-refractivity contribution in [1.82, 2.24) is 10.3 Å². The van der Waals surface area contributed by atoms with Gasteiger partial charge in [0.25, 0.3) is 5.91 Å². The van der Waals surface area contributed by atoms with Gasteiger partial charge >= 0.3 is 0 Å². The topological polar surface area (TPSA) is 80.8 Å². The number of ether oxygens (including phenoxy) is 2. The number of nitrogens with zero attached hydrogens (tertiary/aromatic N) is 2. The third kappa shape index (κ3) is 3.89. The summed E-state index contributed by atoms with van der Waals surface area (Å²) >= 11 is 0. The number of carbonyl (C=O) groups is 2. The summed E-state index contributed by atoms with van der Waals surface area (Å²) in [4.78, 5) is 31.3. The van der Waals surface area contributed by atoms with E-state index in [2.05, 4.69) is 10.3 Å². The van der Waals surface area contributed by atoms with Crippen molar-refractivity contribution in [3.8, 4) is 17.4 Å². The zero-order chi connectivity index (χ0) is 20.2. The molecule has 0 unspecified atom stereocenters. The van der Waals surface area contributed by atoms with Gasteiger partial charge in [-0.3, -0.25) is 14.5 Å². The van der Waals surface area contributed by atoms with Gasteiger partial charge in [-0.05, 0) is 42.0 Å². The van der Waals surface area contributed by atoms with Gasteiger partial charge in [-0.2, -0.15) is 0 Å². The van der Waals surface area contributed by atoms with Crippen LogP contribution in [-0.4, -0.2) is 30.5 Å². The van der Waals surface area contributed by atoms with E-state index in [0.717, 1.165) is 11.3 Å². The Bertz CT molecular complexity index is 1050. The summed E-state index contributed by atoms with van der Waals surface area (Å²) in [5.41, 5.74) is 1.77. The minimum absolute atomic E-state index is 0.135. The molecule has 2 heterocycles. The highest BCUT2D eigenvalue weighted by Gasteiger charge is 2.30. The second-order valence-electron chi connectivity index (χ2n) is 6.44. The number of hydrogen-bond donors (Lipinski definition) is 1. The number of nitrogens with one attached hydrogen (secondary N) is 1. The van der Waals surface area contributed by atoms with E-state index >= 15 is 0 Å². The highest BCUT2D eigenvalue weighted by Crippen LogP contribution is 2.37. The maximum absolute atomic E-state index is 13.1. The Labute approximate surface area is 167 Å². The Morgan fingerprint density at radius 1 is 1.10 bits per heavy atom. The Morgan fingerprint density at radius 2 is 1.90 bits per heavy atom. The summed E-state index contributed by atoms with van der Waals surface area (Å²) in [7, 11) is 1.60. The molecule has 1 aliphatic rings. The molecule has 0 spiro atoms. The fourth-order valence-electron chi connectivity index (χ4n) is 3.06. The maximum atomic E-state index is 13.1. The molecule has 7 nitrogen and oxygen atoms in total. The predicted octanol–water partition coefficient (Wildman–Crippen LogP) is 3.16. The molecule has 3 aromatic rings. The number of para-hydroxylation sites is 2. The summed E-state index contributed by atoms with van der Waals surface area (Å²) < 4.78 is 11.0. The number of aromatic nitrogens is 1. The van der Waals surface area contributed by atoms with Gasteiger partial charge in [0.2, 0.25) is 11.8 Å². The van der Waals surface area contributed by atoms with Crippen LogP contribution in [0.4, 0.5) is 5.69 Å². The molecular formula is C22H19N3O4. The fraction of sp³-hybridized carbons (Fsp3) is 0.136. The molecule has 2 aromatic carbocycles. The summed E-state index contributed by atoms with van der Waals surface area (Å²) in [6.45, 7) is 0.213. The first kappa shape index (κ1) is 18.5. The molecule has 0 radical (unpaired) electrons. The van der Waals surface area contributed by atoms with E-state index < -0.39 is 0 Å². The molecule has 146 valence electrons. The molecule has 1 aromatic heterocycles. The zero-order valence-electron chi connectivity index (χ0n) is 15.8. The molecule has 0 saturated carbocycles. The number of pyridine rings is 1. The van der Waals surface area contributed by atoms with Crippen LogP contribution in [0.2, 0.25) is 0 Å². The van der Waals surface area contributed by atoms with Gasteiger partial charge in [-0.15, -0.1) is 0 Å². The van der Waals surface area contributed by atoms with E-state index in [1.165, 1.54) is 4.90 Å². The normalized spacial score (nSPS) is 12.3. The predicted molar refractivity (Wildman–Crippen MR) is 107 cm³/mol. The lowest BCUT2D eigenvalue weighted by Gasteiger charge is -2.21. The lowest BCUT2D eigenvalue weighted by atomic mass is 10.2. The van der Waals surface area contributed by atoms with Crippen molar-refractivity contribution in [2.75, 3.05) is 18.6 Å². The van der Waals surface area contributed by atoms with E-state index in [-0.39, 0.29) is 24.2 Å². The third-order valence-electron chi connectivity index (χ3n) is 4.56. The summed E-state index contributed by atoms with van der Waals surface area (Å²) in [5, 5.41) is 2.85. The molecule has 4 rings (SSSR count). The molecule has 7 heteroatoms. The Balaban J connectivity index is 1.53. The first-order valence-electron chi connectivity index (χ1n) is 9.09. The quantitative estimate of drug-likeness (QED) is 0.725. The second kappa shape index (κ2) is 8.02. The van der Waals surface area contributed by atoms with E-state index in [0.29, 0.717) is 23.5 Å². The number of methoxy groups -OCH3 is 1. The van der Waals surface area contributed by atoms with Crippen LogP contribution in [0, 0.1) is 0 Å². The van der Waals surface area contributed by atoms with Gasteiger partial charge in [0.15, 0.2) is 5.75 Å². The van der Waals surface area contributed by atoms with Crippen LogP contribution in [0.3, 0.4) is 0 Å². The first-order valence-corrected chi connectivity index (χ1v) is 9.09. The zero-order valence-corrected chi connectivity index (χ0v) is 15.8. The van der Waals surface area contributed by atoms with Crippen molar-refractivity contribution >= 4 is 17.5 Å². The van der Waals surface area contributed by atoms with Crippen molar-refractivity contribution in [3.63, 3.8) is 0 Å². The highest BCUT2D eigenvalue weighted by molar-refractivity contribution is 6.11. The Kier molecular flexibility index (Phi) is 5.11. The van der Waals surface area contributed by atoms with Crippen LogP contribution in [0.15, 0.2) is 66.9 Å². The molecule has 29 heavy (non-hydrogen) atoms. The van der Waals surface area contributed by atoms with Crippen molar-refractivity contribution < 1.29 is 19.1 Å². The smallest absolute Gasteiger partial charge is 0.264 e. The SMILES string of the molecule is COc1ccc(CNC(=O)CN2C(=O)c3cccnc3Oc3ccccc32)cc1. The molecular weight excluding hydrogens is 370 g/mol. The van der Waals surface area contributed by atoms with Gasteiger partial charge in [0.05, 0.1) is 12.8 Å². The molecule has 0 aliphatic carbocycles. The highest BCUT2D eigenvalue weighted by atomic mass is 16.5. The van der Waals surface area contributed by atoms with Gasteiger partial charge in [0.1, 0.15) is 17.9 Å². The number of fused-ring (bicyclic) bond motifs is 2. The fourth-order valence-corrected chi connectivity index (χ4v) is 3.06. The average Bonchev–Trinajstić information content (AvgIpc) is 2.87. The van der Waals surface area contributed by atoms with Crippen LogP contribution in [0.1, 0.15) is 15.9 Å². The number of amides is 2. The van der Waals surface area contributed by atoms with E-state index in [1.54, 1.807) is 49.7 Å². The molecule has 0 bridgehead atoms. The van der Waals surface area contributed by atoms with Crippen LogP contribution in [0.25, 0.3) is 0 Å². The summed E-state index contributed by atoms with van der Waals surface area (Å²) in [6, 6.07) is 17.8. The third-order valence-corrected chi connectivity index (χ3v) is 4.56. The number of benzene rings is 2. The Morgan fingerprint density at radius 3 is 2.69 bits per heavy atom. The van der Waals surface area contributed by atoms with Gasteiger partial charge in [-0.25, -0.2) is 4.98 Å². The van der Waals surface area contributed by atoms with E-state index in [1.807, 2.05) is 24.3 Å². The van der Waals surface area contributed by atoms with Crippen molar-refractivity contribution in [2.45, 2.75) is 6.54 Å². The van der Waals surface area contributed by atoms with Crippen molar-refractivity contribution in [3.05, 3.63) is 78.0 Å². The molecule has 1 aliphatic heterocycles. The van der Waals surface area contributed by atoms with Gasteiger partial charge < -0.3 is 14.8 Å². The minimum atomic E-state index is -0.336. The second-order valence-corrected chi connectivity index (χ2v) is 6.44. The van der Waals surface area contributed by atoms with E-state index in [4.69, 9.17) is 9.47 Å². The lowest BCUT2D eigenvalue weighted by molar-refractivity contribution is -0.119. The number of anilines is 1. The minimum Gasteiger partial charge on any atom is -0.497 e. The lowest BCUT2D eigenvalue weighted by Crippen LogP contribution is -2.40. The van der Waals surface area contributed by atoms with Crippen LogP contribution in [0.5, 0.6) is 17.4 Å². The van der Waals surface area contributed by atoms with Crippen molar-refractivity contribution in [1.29, 1.82) is 0 Å². The number of hydrogen-bond acceptors (Lipinski definition) is 5. The van der Waals surface area contributed by atoms with E-state index in [9.17, 15) is 9.59 Å². The largest absolute Gasteiger partial charge is 0.497 e. The van der Waals surface area contributed by atoms with Crippen LogP contribution < -0.4 is 19.7 Å². The molecule has 1 N–H and O–H groups in total. The average molecular weight is 389 g/mol. The Hall–Kier alpha value is -3.87. The molecule has 0 saturated heterocycles. The molecule has 0 atom stereocenters. The monoisotopic (exact) mass is 389 g/mol. The van der Waals surface area contributed by atoms with Gasteiger partial charge in [-0.1, -0.05) is 24.3 Å². The number of carbonyl (C=O) groups excluding carboxylic acids is 2. The molecule has 2 amide bonds. The first-order chi connectivity index (χ1) is 14.2.